The molecule has 1 fully saturated rings. The number of hydrogen-bond donors (Lipinski definition) is 1. The zero-order valence-corrected chi connectivity index (χ0v) is 11.2. The van der Waals surface area contributed by atoms with E-state index in [0.717, 1.165) is 0 Å². The Hall–Kier alpha value is -1.85. The van der Waals surface area contributed by atoms with Crippen LogP contribution >= 0.6 is 0 Å². The van der Waals surface area contributed by atoms with Crippen molar-refractivity contribution in [2.75, 3.05) is 42.6 Å². The molecule has 2 N–H and O–H groups in total. The molecule has 8 heteroatoms. The minimum Gasteiger partial charge on any atom is -0.396 e. The van der Waals surface area contributed by atoms with Crippen molar-refractivity contribution in [3.63, 3.8) is 0 Å². The number of anilines is 2. The zero-order chi connectivity index (χ0) is 13.9. The molecule has 0 unspecified atom stereocenters. The van der Waals surface area contributed by atoms with Crippen LogP contribution in [-0.2, 0) is 10.0 Å². The van der Waals surface area contributed by atoms with Gasteiger partial charge in [-0.1, -0.05) is 0 Å². The van der Waals surface area contributed by atoms with Crippen molar-refractivity contribution in [1.29, 1.82) is 5.26 Å². The average Bonchev–Trinajstić information content (AvgIpc) is 2.39. The highest BCUT2D eigenvalue weighted by Gasteiger charge is 2.27. The minimum absolute atomic E-state index is 0.347. The fraction of sp³-hybridized carbons (Fsp3) is 0.455. The fourth-order valence-corrected chi connectivity index (χ4v) is 3.09. The highest BCUT2D eigenvalue weighted by Crippen LogP contribution is 2.21. The van der Waals surface area contributed by atoms with E-state index in [1.54, 1.807) is 24.4 Å². The second kappa shape index (κ2) is 5.42. The normalized spacial score (nSPS) is 17.1. The molecule has 0 amide bonds. The van der Waals surface area contributed by atoms with Crippen molar-refractivity contribution in [2.24, 2.45) is 0 Å². The van der Waals surface area contributed by atoms with Crippen LogP contribution in [0.2, 0.25) is 0 Å². The molecule has 1 aromatic rings. The van der Waals surface area contributed by atoms with Crippen molar-refractivity contribution in [3.8, 4) is 6.07 Å². The van der Waals surface area contributed by atoms with Crippen LogP contribution in [0.3, 0.4) is 0 Å². The number of hydrogen-bond acceptors (Lipinski definition) is 6. The van der Waals surface area contributed by atoms with E-state index in [9.17, 15) is 8.42 Å². The molecule has 0 aromatic carbocycles. The lowest BCUT2D eigenvalue weighted by atomic mass is 10.3. The van der Waals surface area contributed by atoms with E-state index < -0.39 is 15.8 Å². The maximum absolute atomic E-state index is 11.7. The summed E-state index contributed by atoms with van der Waals surface area (Å²) in [4.78, 5) is 6.16. The molecule has 7 nitrogen and oxygen atoms in total. The van der Waals surface area contributed by atoms with Crippen molar-refractivity contribution in [1.82, 2.24) is 9.29 Å². The Morgan fingerprint density at radius 3 is 2.63 bits per heavy atom. The number of nitrogens with zero attached hydrogens (tertiary/aromatic N) is 4. The first-order chi connectivity index (χ1) is 9.04. The molecule has 2 heterocycles. The second-order valence-electron chi connectivity index (χ2n) is 4.22. The molecule has 1 aliphatic rings. The molecule has 1 saturated heterocycles. The smallest absolute Gasteiger partial charge is 0.227 e. The third-order valence-corrected chi connectivity index (χ3v) is 4.64. The summed E-state index contributed by atoms with van der Waals surface area (Å²) in [6, 6.07) is 5.20. The molecule has 1 aromatic heterocycles. The molecule has 102 valence electrons. The van der Waals surface area contributed by atoms with Crippen LogP contribution in [0.1, 0.15) is 0 Å². The summed E-state index contributed by atoms with van der Waals surface area (Å²) in [5, 5.41) is 8.51. The SMILES string of the molecule is N#CCS(=O)(=O)N1CCN(c2ncccc2N)CC1. The van der Waals surface area contributed by atoms with Crippen LogP contribution in [0.4, 0.5) is 11.5 Å². The lowest BCUT2D eigenvalue weighted by molar-refractivity contribution is 0.385. The van der Waals surface area contributed by atoms with Gasteiger partial charge in [-0.3, -0.25) is 0 Å². The summed E-state index contributed by atoms with van der Waals surface area (Å²) in [5.41, 5.74) is 6.42. The van der Waals surface area contributed by atoms with E-state index in [0.29, 0.717) is 37.7 Å². The predicted octanol–water partition coefficient (Wildman–Crippen LogP) is -0.361. The molecule has 0 atom stereocenters. The number of nitriles is 1. The molecular weight excluding hydrogens is 266 g/mol. The maximum atomic E-state index is 11.7. The lowest BCUT2D eigenvalue weighted by Crippen LogP contribution is -2.49. The van der Waals surface area contributed by atoms with Crippen LogP contribution in [0.25, 0.3) is 0 Å². The van der Waals surface area contributed by atoms with Crippen molar-refractivity contribution < 1.29 is 8.42 Å². The number of pyridine rings is 1. The first kappa shape index (κ1) is 13.6. The summed E-state index contributed by atoms with van der Waals surface area (Å²) < 4.78 is 24.8. The Labute approximate surface area is 112 Å². The predicted molar refractivity (Wildman–Crippen MR) is 71.8 cm³/mol. The van der Waals surface area contributed by atoms with Gasteiger partial charge in [0.2, 0.25) is 10.0 Å². The van der Waals surface area contributed by atoms with E-state index in [2.05, 4.69) is 4.98 Å². The average molecular weight is 281 g/mol. The standard InChI is InChI=1S/C11H15N5O2S/c12-3-9-19(17,18)16-7-5-15(6-8-16)11-10(13)2-1-4-14-11/h1-2,4H,5-9,13H2. The molecular formula is C11H15N5O2S. The van der Waals surface area contributed by atoms with Crippen LogP contribution in [0, 0.1) is 11.3 Å². The van der Waals surface area contributed by atoms with Gasteiger partial charge in [0.05, 0.1) is 11.8 Å². The Bertz CT molecular complexity index is 587. The summed E-state index contributed by atoms with van der Waals surface area (Å²) in [6.45, 7) is 1.73. The third-order valence-electron chi connectivity index (χ3n) is 3.00. The number of rotatable bonds is 3. The van der Waals surface area contributed by atoms with E-state index in [1.165, 1.54) is 4.31 Å². The molecule has 0 saturated carbocycles. The largest absolute Gasteiger partial charge is 0.396 e. The Balaban J connectivity index is 2.05. The number of sulfonamides is 1. The molecule has 19 heavy (non-hydrogen) atoms. The van der Waals surface area contributed by atoms with Crippen LogP contribution < -0.4 is 10.6 Å². The van der Waals surface area contributed by atoms with Crippen molar-refractivity contribution >= 4 is 21.5 Å². The van der Waals surface area contributed by atoms with Crippen molar-refractivity contribution in [2.45, 2.75) is 0 Å². The van der Waals surface area contributed by atoms with Gasteiger partial charge in [-0.05, 0) is 12.1 Å². The van der Waals surface area contributed by atoms with Gasteiger partial charge in [0.25, 0.3) is 0 Å². The van der Waals surface area contributed by atoms with Gasteiger partial charge < -0.3 is 10.6 Å². The summed E-state index contributed by atoms with van der Waals surface area (Å²) in [7, 11) is -3.46. The van der Waals surface area contributed by atoms with Crippen LogP contribution in [0.5, 0.6) is 0 Å². The topological polar surface area (TPSA) is 103 Å². The lowest BCUT2D eigenvalue weighted by Gasteiger charge is -2.34. The Morgan fingerprint density at radius 2 is 2.05 bits per heavy atom. The number of aromatic nitrogens is 1. The molecule has 2 rings (SSSR count). The summed E-state index contributed by atoms with van der Waals surface area (Å²) in [6.07, 6.45) is 1.66. The number of piperazine rings is 1. The number of nitrogens with two attached hydrogens (primary N) is 1. The van der Waals surface area contributed by atoms with Gasteiger partial charge in [0, 0.05) is 32.4 Å². The monoisotopic (exact) mass is 281 g/mol. The van der Waals surface area contributed by atoms with E-state index in [-0.39, 0.29) is 0 Å². The van der Waals surface area contributed by atoms with Crippen LogP contribution in [0.15, 0.2) is 18.3 Å². The molecule has 1 aliphatic heterocycles. The van der Waals surface area contributed by atoms with Gasteiger partial charge in [-0.25, -0.2) is 13.4 Å². The maximum Gasteiger partial charge on any atom is 0.227 e. The highest BCUT2D eigenvalue weighted by molar-refractivity contribution is 7.89. The van der Waals surface area contributed by atoms with Crippen molar-refractivity contribution in [3.05, 3.63) is 18.3 Å². The molecule has 0 radical (unpaired) electrons. The Kier molecular flexibility index (Phi) is 3.87. The van der Waals surface area contributed by atoms with Crippen LogP contribution in [-0.4, -0.2) is 49.6 Å². The summed E-state index contributed by atoms with van der Waals surface area (Å²) >= 11 is 0. The first-order valence-electron chi connectivity index (χ1n) is 5.85. The van der Waals surface area contributed by atoms with Gasteiger partial charge in [0.15, 0.2) is 11.6 Å². The van der Waals surface area contributed by atoms with E-state index in [4.69, 9.17) is 11.0 Å². The fourth-order valence-electron chi connectivity index (χ4n) is 2.02. The minimum atomic E-state index is -3.46. The second-order valence-corrected chi connectivity index (χ2v) is 6.19. The van der Waals surface area contributed by atoms with Gasteiger partial charge in [-0.2, -0.15) is 9.57 Å². The molecule has 0 bridgehead atoms. The van der Waals surface area contributed by atoms with Gasteiger partial charge in [0.1, 0.15) is 0 Å². The van der Waals surface area contributed by atoms with E-state index in [1.807, 2.05) is 4.90 Å². The van der Waals surface area contributed by atoms with Gasteiger partial charge >= 0.3 is 0 Å². The highest BCUT2D eigenvalue weighted by atomic mass is 32.2. The summed E-state index contributed by atoms with van der Waals surface area (Å²) in [5.74, 6) is 0.207. The van der Waals surface area contributed by atoms with Gasteiger partial charge in [-0.15, -0.1) is 0 Å². The Morgan fingerprint density at radius 1 is 1.37 bits per heavy atom. The quantitative estimate of drug-likeness (QED) is 0.811. The molecule has 0 spiro atoms. The zero-order valence-electron chi connectivity index (χ0n) is 10.4. The number of nitrogen functional groups attached to an aromatic ring is 1. The third kappa shape index (κ3) is 2.94. The first-order valence-corrected chi connectivity index (χ1v) is 7.46. The molecule has 0 aliphatic carbocycles. The van der Waals surface area contributed by atoms with E-state index >= 15 is 0 Å².